The van der Waals surface area contributed by atoms with E-state index in [2.05, 4.69) is 19.8 Å². The maximum atomic E-state index is 13.0. The van der Waals surface area contributed by atoms with Crippen LogP contribution in [-0.2, 0) is 6.54 Å². The topological polar surface area (TPSA) is 45.4 Å². The summed E-state index contributed by atoms with van der Waals surface area (Å²) in [5, 5.41) is 0. The molecular formula is C19H19FN4O. The van der Waals surface area contributed by atoms with Gasteiger partial charge in [-0.15, -0.1) is 0 Å². The minimum atomic E-state index is -0.255. The van der Waals surface area contributed by atoms with Crippen LogP contribution in [0, 0.1) is 5.82 Å². The smallest absolute Gasteiger partial charge is 0.209 e. The van der Waals surface area contributed by atoms with Crippen LogP contribution < -0.4 is 4.90 Å². The van der Waals surface area contributed by atoms with E-state index in [0.29, 0.717) is 18.2 Å². The number of hydrogen-bond donors (Lipinski definition) is 0. The van der Waals surface area contributed by atoms with Crippen molar-refractivity contribution in [3.05, 3.63) is 66.6 Å². The molecule has 128 valence electrons. The van der Waals surface area contributed by atoms with Crippen LogP contribution in [0.15, 0.2) is 59.3 Å². The molecule has 0 aliphatic carbocycles. The average Bonchev–Trinajstić information content (AvgIpc) is 3.12. The summed E-state index contributed by atoms with van der Waals surface area (Å²) in [5.41, 5.74) is 0.833. The quantitative estimate of drug-likeness (QED) is 0.731. The number of halogens is 1. The van der Waals surface area contributed by atoms with Gasteiger partial charge in [0.2, 0.25) is 5.89 Å². The first-order chi connectivity index (χ1) is 12.3. The van der Waals surface area contributed by atoms with E-state index in [9.17, 15) is 4.39 Å². The van der Waals surface area contributed by atoms with Gasteiger partial charge in [0, 0.05) is 37.9 Å². The molecule has 1 aromatic carbocycles. The van der Waals surface area contributed by atoms with Gasteiger partial charge in [-0.25, -0.2) is 14.4 Å². The number of rotatable bonds is 4. The van der Waals surface area contributed by atoms with Crippen LogP contribution in [0.2, 0.25) is 0 Å². The highest BCUT2D eigenvalue weighted by Crippen LogP contribution is 2.22. The number of pyridine rings is 1. The molecule has 6 heteroatoms. The SMILES string of the molecule is Fc1ccc(-c2cnc(CN3CCN(c4ccccn4)CC3)o2)cc1. The lowest BCUT2D eigenvalue weighted by Crippen LogP contribution is -2.46. The standard InChI is InChI=1S/C19H19FN4O/c20-16-6-4-15(5-7-16)17-13-22-19(25-17)14-23-9-11-24(12-10-23)18-3-1-2-8-21-18/h1-8,13H,9-12,14H2. The second-order valence-electron chi connectivity index (χ2n) is 6.08. The molecule has 0 atom stereocenters. The average molecular weight is 338 g/mol. The van der Waals surface area contributed by atoms with Crippen molar-refractivity contribution in [3.8, 4) is 11.3 Å². The summed E-state index contributed by atoms with van der Waals surface area (Å²) in [5.74, 6) is 2.12. The summed E-state index contributed by atoms with van der Waals surface area (Å²) in [7, 11) is 0. The molecule has 3 aromatic rings. The third-order valence-electron chi connectivity index (χ3n) is 4.39. The Morgan fingerprint density at radius 3 is 2.48 bits per heavy atom. The predicted octanol–water partition coefficient (Wildman–Crippen LogP) is 3.20. The Kier molecular flexibility index (Phi) is 4.43. The number of hydrogen-bond acceptors (Lipinski definition) is 5. The van der Waals surface area contributed by atoms with Gasteiger partial charge in [0.05, 0.1) is 12.7 Å². The molecule has 1 fully saturated rings. The van der Waals surface area contributed by atoms with Gasteiger partial charge < -0.3 is 9.32 Å². The van der Waals surface area contributed by atoms with Crippen molar-refractivity contribution in [2.45, 2.75) is 6.54 Å². The fourth-order valence-corrected chi connectivity index (χ4v) is 3.00. The predicted molar refractivity (Wildman–Crippen MR) is 93.6 cm³/mol. The summed E-state index contributed by atoms with van der Waals surface area (Å²) in [6.07, 6.45) is 3.53. The molecule has 0 N–H and O–H groups in total. The van der Waals surface area contributed by atoms with Gasteiger partial charge in [-0.1, -0.05) is 6.07 Å². The van der Waals surface area contributed by atoms with E-state index < -0.39 is 0 Å². The Bertz CT molecular complexity index is 811. The van der Waals surface area contributed by atoms with Crippen LogP contribution in [0.25, 0.3) is 11.3 Å². The lowest BCUT2D eigenvalue weighted by molar-refractivity contribution is 0.226. The van der Waals surface area contributed by atoms with Gasteiger partial charge in [0.15, 0.2) is 5.76 Å². The minimum Gasteiger partial charge on any atom is -0.439 e. The Labute approximate surface area is 145 Å². The molecule has 0 spiro atoms. The minimum absolute atomic E-state index is 0.255. The number of oxazole rings is 1. The van der Waals surface area contributed by atoms with E-state index in [1.807, 2.05) is 24.4 Å². The van der Waals surface area contributed by atoms with E-state index in [0.717, 1.165) is 37.6 Å². The molecule has 0 radical (unpaired) electrons. The Morgan fingerprint density at radius 2 is 1.76 bits per heavy atom. The van der Waals surface area contributed by atoms with Crippen molar-refractivity contribution in [3.63, 3.8) is 0 Å². The van der Waals surface area contributed by atoms with E-state index in [4.69, 9.17) is 4.42 Å². The second kappa shape index (κ2) is 7.03. The molecule has 2 aromatic heterocycles. The Morgan fingerprint density at radius 1 is 0.960 bits per heavy atom. The number of aromatic nitrogens is 2. The van der Waals surface area contributed by atoms with Gasteiger partial charge in [-0.05, 0) is 36.4 Å². The fourth-order valence-electron chi connectivity index (χ4n) is 3.00. The zero-order valence-electron chi connectivity index (χ0n) is 13.8. The molecular weight excluding hydrogens is 319 g/mol. The summed E-state index contributed by atoms with van der Waals surface area (Å²) in [6, 6.07) is 12.2. The highest BCUT2D eigenvalue weighted by atomic mass is 19.1. The molecule has 0 unspecified atom stereocenters. The Balaban J connectivity index is 1.35. The van der Waals surface area contributed by atoms with Gasteiger partial charge in [0.25, 0.3) is 0 Å². The molecule has 1 aliphatic rings. The maximum absolute atomic E-state index is 13.0. The molecule has 4 rings (SSSR count). The highest BCUT2D eigenvalue weighted by molar-refractivity contribution is 5.55. The second-order valence-corrected chi connectivity index (χ2v) is 6.08. The van der Waals surface area contributed by atoms with Gasteiger partial charge in [-0.2, -0.15) is 0 Å². The van der Waals surface area contributed by atoms with Crippen molar-refractivity contribution in [2.75, 3.05) is 31.1 Å². The third-order valence-corrected chi connectivity index (χ3v) is 4.39. The van der Waals surface area contributed by atoms with Crippen molar-refractivity contribution in [1.29, 1.82) is 0 Å². The molecule has 0 bridgehead atoms. The lowest BCUT2D eigenvalue weighted by atomic mass is 10.2. The number of anilines is 1. The molecule has 1 saturated heterocycles. The molecule has 25 heavy (non-hydrogen) atoms. The number of piperazine rings is 1. The first-order valence-electron chi connectivity index (χ1n) is 8.37. The first-order valence-corrected chi connectivity index (χ1v) is 8.37. The fraction of sp³-hybridized carbons (Fsp3) is 0.263. The van der Waals surface area contributed by atoms with Crippen molar-refractivity contribution in [2.24, 2.45) is 0 Å². The first kappa shape index (κ1) is 15.8. The summed E-state index contributed by atoms with van der Waals surface area (Å²) in [6.45, 7) is 4.41. The highest BCUT2D eigenvalue weighted by Gasteiger charge is 2.19. The summed E-state index contributed by atoms with van der Waals surface area (Å²) >= 11 is 0. The monoisotopic (exact) mass is 338 g/mol. The van der Waals surface area contributed by atoms with Crippen LogP contribution in [0.3, 0.4) is 0 Å². The molecule has 0 saturated carbocycles. The zero-order chi connectivity index (χ0) is 17.1. The van der Waals surface area contributed by atoms with Crippen LogP contribution in [0.5, 0.6) is 0 Å². The number of nitrogens with zero attached hydrogens (tertiary/aromatic N) is 4. The van der Waals surface area contributed by atoms with Gasteiger partial charge in [-0.3, -0.25) is 4.90 Å². The van der Waals surface area contributed by atoms with Crippen molar-refractivity contribution in [1.82, 2.24) is 14.9 Å². The van der Waals surface area contributed by atoms with Crippen LogP contribution in [0.1, 0.15) is 5.89 Å². The zero-order valence-corrected chi connectivity index (χ0v) is 13.8. The molecule has 0 amide bonds. The normalized spacial score (nSPS) is 15.5. The summed E-state index contributed by atoms with van der Waals surface area (Å²) < 4.78 is 18.8. The van der Waals surface area contributed by atoms with Gasteiger partial charge >= 0.3 is 0 Å². The van der Waals surface area contributed by atoms with Crippen molar-refractivity contribution >= 4 is 5.82 Å². The number of benzene rings is 1. The van der Waals surface area contributed by atoms with Gasteiger partial charge in [0.1, 0.15) is 11.6 Å². The van der Waals surface area contributed by atoms with Crippen LogP contribution >= 0.6 is 0 Å². The third kappa shape index (κ3) is 3.69. The van der Waals surface area contributed by atoms with Crippen LogP contribution in [-0.4, -0.2) is 41.0 Å². The molecule has 5 nitrogen and oxygen atoms in total. The van der Waals surface area contributed by atoms with E-state index in [-0.39, 0.29) is 5.82 Å². The van der Waals surface area contributed by atoms with Crippen LogP contribution in [0.4, 0.5) is 10.2 Å². The summed E-state index contributed by atoms with van der Waals surface area (Å²) in [4.78, 5) is 13.4. The maximum Gasteiger partial charge on any atom is 0.209 e. The largest absolute Gasteiger partial charge is 0.439 e. The van der Waals surface area contributed by atoms with E-state index >= 15 is 0 Å². The van der Waals surface area contributed by atoms with E-state index in [1.54, 1.807) is 18.3 Å². The van der Waals surface area contributed by atoms with Crippen molar-refractivity contribution < 1.29 is 8.81 Å². The Hall–Kier alpha value is -2.73. The molecule has 1 aliphatic heterocycles. The lowest BCUT2D eigenvalue weighted by Gasteiger charge is -2.34. The van der Waals surface area contributed by atoms with E-state index in [1.165, 1.54) is 12.1 Å². The molecule has 3 heterocycles.